The summed E-state index contributed by atoms with van der Waals surface area (Å²) in [6, 6.07) is 7.51. The number of unbranched alkanes of at least 4 members (excludes halogenated alkanes) is 1. The minimum atomic E-state index is -0.336. The second-order valence-electron chi connectivity index (χ2n) is 7.80. The molecule has 3 heterocycles. The Kier molecular flexibility index (Phi) is 4.11. The molecule has 5 nitrogen and oxygen atoms in total. The first-order valence-corrected chi connectivity index (χ1v) is 10.2. The molecule has 5 rings (SSSR count). The van der Waals surface area contributed by atoms with E-state index in [1.165, 1.54) is 0 Å². The highest BCUT2D eigenvalue weighted by atomic mass is 16.5. The summed E-state index contributed by atoms with van der Waals surface area (Å²) >= 11 is 0. The van der Waals surface area contributed by atoms with Gasteiger partial charge in [-0.25, -0.2) is 9.78 Å². The number of hydrogen-bond donors (Lipinski definition) is 1. The number of para-hydroxylation sites is 1. The van der Waals surface area contributed by atoms with E-state index in [-0.39, 0.29) is 11.5 Å². The lowest BCUT2D eigenvalue weighted by molar-refractivity contribution is 0.406. The van der Waals surface area contributed by atoms with Gasteiger partial charge in [0.2, 0.25) is 5.88 Å². The van der Waals surface area contributed by atoms with E-state index in [0.29, 0.717) is 22.8 Å². The third kappa shape index (κ3) is 2.53. The molecule has 2 aliphatic rings. The third-order valence-electron chi connectivity index (χ3n) is 6.06. The number of rotatable bonds is 3. The van der Waals surface area contributed by atoms with Crippen molar-refractivity contribution in [1.29, 1.82) is 0 Å². The Morgan fingerprint density at radius 1 is 1.18 bits per heavy atom. The number of benzene rings is 1. The first-order valence-electron chi connectivity index (χ1n) is 10.2. The van der Waals surface area contributed by atoms with Crippen molar-refractivity contribution in [1.82, 2.24) is 4.98 Å². The predicted molar refractivity (Wildman–Crippen MR) is 109 cm³/mol. The van der Waals surface area contributed by atoms with Crippen LogP contribution in [-0.2, 0) is 12.8 Å². The second kappa shape index (κ2) is 6.66. The first-order chi connectivity index (χ1) is 13.7. The molecular weight excluding hydrogens is 352 g/mol. The quantitative estimate of drug-likeness (QED) is 0.645. The van der Waals surface area contributed by atoms with Gasteiger partial charge in [0.1, 0.15) is 5.58 Å². The van der Waals surface area contributed by atoms with Crippen LogP contribution < -0.4 is 16.1 Å². The molecule has 1 atom stereocenters. The highest BCUT2D eigenvalue weighted by molar-refractivity contribution is 5.86. The number of nitrogen functional groups attached to an aromatic ring is 1. The summed E-state index contributed by atoms with van der Waals surface area (Å²) in [4.78, 5) is 17.8. The molecule has 144 valence electrons. The fourth-order valence-electron chi connectivity index (χ4n) is 4.66. The van der Waals surface area contributed by atoms with E-state index in [4.69, 9.17) is 19.9 Å². The largest absolute Gasteiger partial charge is 0.437 e. The zero-order valence-corrected chi connectivity index (χ0v) is 16.1. The van der Waals surface area contributed by atoms with Crippen LogP contribution >= 0.6 is 0 Å². The molecule has 0 spiro atoms. The number of pyridine rings is 1. The molecule has 1 aromatic carbocycles. The van der Waals surface area contributed by atoms with E-state index in [9.17, 15) is 4.79 Å². The molecular formula is C23H24N2O3. The van der Waals surface area contributed by atoms with Gasteiger partial charge in [-0.2, -0.15) is 0 Å². The lowest BCUT2D eigenvalue weighted by atomic mass is 9.82. The molecule has 3 aromatic rings. The van der Waals surface area contributed by atoms with Gasteiger partial charge in [0.15, 0.2) is 5.75 Å². The van der Waals surface area contributed by atoms with Crippen LogP contribution in [0.3, 0.4) is 0 Å². The summed E-state index contributed by atoms with van der Waals surface area (Å²) in [6.07, 6.45) is 6.99. The molecule has 0 bridgehead atoms. The fourth-order valence-corrected chi connectivity index (χ4v) is 4.66. The molecule has 0 radical (unpaired) electrons. The molecule has 0 saturated heterocycles. The van der Waals surface area contributed by atoms with Crippen LogP contribution in [0.1, 0.15) is 67.3 Å². The maximum atomic E-state index is 13.0. The van der Waals surface area contributed by atoms with E-state index >= 15 is 0 Å². The Hall–Kier alpha value is -2.82. The summed E-state index contributed by atoms with van der Waals surface area (Å²) in [6.45, 7) is 2.15. The Morgan fingerprint density at radius 2 is 2.00 bits per heavy atom. The second-order valence-corrected chi connectivity index (χ2v) is 7.80. The summed E-state index contributed by atoms with van der Waals surface area (Å²) in [5, 5.41) is 0.808. The van der Waals surface area contributed by atoms with Crippen LogP contribution in [0.5, 0.6) is 11.6 Å². The molecule has 2 N–H and O–H groups in total. The SMILES string of the molecule is CCCCC1c2c(nc3c(c2N)CCCC3)Oc2c1c(=O)oc1ccccc21. The Labute approximate surface area is 163 Å². The van der Waals surface area contributed by atoms with Crippen molar-refractivity contribution in [2.45, 2.75) is 57.8 Å². The van der Waals surface area contributed by atoms with Gasteiger partial charge in [-0.15, -0.1) is 0 Å². The highest BCUT2D eigenvalue weighted by Crippen LogP contribution is 2.50. The molecule has 0 saturated carbocycles. The van der Waals surface area contributed by atoms with E-state index < -0.39 is 0 Å². The summed E-state index contributed by atoms with van der Waals surface area (Å²) in [7, 11) is 0. The highest BCUT2D eigenvalue weighted by Gasteiger charge is 2.36. The lowest BCUT2D eigenvalue weighted by Gasteiger charge is -2.31. The zero-order chi connectivity index (χ0) is 19.3. The monoisotopic (exact) mass is 376 g/mol. The number of nitrogens with zero attached hydrogens (tertiary/aromatic N) is 1. The molecule has 2 aromatic heterocycles. The van der Waals surface area contributed by atoms with E-state index in [2.05, 4.69) is 6.92 Å². The molecule has 0 amide bonds. The van der Waals surface area contributed by atoms with Crippen LogP contribution in [0.4, 0.5) is 5.69 Å². The van der Waals surface area contributed by atoms with Crippen molar-refractivity contribution in [2.75, 3.05) is 5.73 Å². The van der Waals surface area contributed by atoms with E-state index in [1.807, 2.05) is 18.2 Å². The molecule has 1 aliphatic carbocycles. The van der Waals surface area contributed by atoms with E-state index in [0.717, 1.165) is 72.8 Å². The summed E-state index contributed by atoms with van der Waals surface area (Å²) < 4.78 is 11.9. The molecule has 1 aliphatic heterocycles. The van der Waals surface area contributed by atoms with Gasteiger partial charge in [0.25, 0.3) is 0 Å². The average Bonchev–Trinajstić information content (AvgIpc) is 2.71. The summed E-state index contributed by atoms with van der Waals surface area (Å²) in [5.41, 5.74) is 11.3. The Bertz CT molecular complexity index is 1130. The molecule has 0 fully saturated rings. The van der Waals surface area contributed by atoms with Crippen LogP contribution in [0.2, 0.25) is 0 Å². The number of anilines is 1. The van der Waals surface area contributed by atoms with Crippen molar-refractivity contribution in [3.63, 3.8) is 0 Å². The number of ether oxygens (including phenoxy) is 1. The van der Waals surface area contributed by atoms with Crippen LogP contribution in [0.15, 0.2) is 33.5 Å². The van der Waals surface area contributed by atoms with Crippen molar-refractivity contribution in [2.24, 2.45) is 0 Å². The van der Waals surface area contributed by atoms with Gasteiger partial charge < -0.3 is 14.9 Å². The van der Waals surface area contributed by atoms with Crippen LogP contribution in [-0.4, -0.2) is 4.98 Å². The average molecular weight is 376 g/mol. The fraction of sp³-hybridized carbons (Fsp3) is 0.391. The Morgan fingerprint density at radius 3 is 2.86 bits per heavy atom. The molecule has 1 unspecified atom stereocenters. The van der Waals surface area contributed by atoms with Crippen molar-refractivity contribution < 1.29 is 9.15 Å². The maximum Gasteiger partial charge on any atom is 0.343 e. The third-order valence-corrected chi connectivity index (χ3v) is 6.06. The molecule has 5 heteroatoms. The van der Waals surface area contributed by atoms with Gasteiger partial charge >= 0.3 is 5.63 Å². The number of aryl methyl sites for hydroxylation is 1. The molecule has 28 heavy (non-hydrogen) atoms. The van der Waals surface area contributed by atoms with Crippen LogP contribution in [0.25, 0.3) is 11.0 Å². The number of hydrogen-bond acceptors (Lipinski definition) is 5. The van der Waals surface area contributed by atoms with Gasteiger partial charge in [-0.3, -0.25) is 0 Å². The van der Waals surface area contributed by atoms with Gasteiger partial charge in [-0.1, -0.05) is 31.9 Å². The summed E-state index contributed by atoms with van der Waals surface area (Å²) in [5.74, 6) is 1.02. The van der Waals surface area contributed by atoms with Gasteiger partial charge in [-0.05, 0) is 49.8 Å². The zero-order valence-electron chi connectivity index (χ0n) is 16.1. The van der Waals surface area contributed by atoms with Gasteiger partial charge in [0, 0.05) is 22.9 Å². The lowest BCUT2D eigenvalue weighted by Crippen LogP contribution is -2.23. The van der Waals surface area contributed by atoms with E-state index in [1.54, 1.807) is 6.07 Å². The Balaban J connectivity index is 1.79. The normalized spacial score (nSPS) is 17.5. The minimum absolute atomic E-state index is 0.140. The van der Waals surface area contributed by atoms with Crippen molar-refractivity contribution in [3.8, 4) is 11.6 Å². The van der Waals surface area contributed by atoms with Gasteiger partial charge in [0.05, 0.1) is 10.9 Å². The standard InChI is InChI=1S/C23H24N2O3/c1-2-3-8-15-18-20(24)13-9-4-6-11-16(13)25-22(18)28-21-14-10-5-7-12-17(14)27-23(26)19(15)21/h5,7,10,12,15H,2-4,6,8-9,11H2,1H3,(H2,24,25). The smallest absolute Gasteiger partial charge is 0.343 e. The first kappa shape index (κ1) is 17.3. The topological polar surface area (TPSA) is 78.4 Å². The number of nitrogens with two attached hydrogens (primary N) is 1. The van der Waals surface area contributed by atoms with Crippen molar-refractivity contribution >= 4 is 16.7 Å². The number of fused-ring (bicyclic) bond motifs is 5. The number of aromatic nitrogens is 1. The minimum Gasteiger partial charge on any atom is -0.437 e. The predicted octanol–water partition coefficient (Wildman–Crippen LogP) is 5.08. The van der Waals surface area contributed by atoms with Crippen LogP contribution in [0, 0.1) is 0 Å². The van der Waals surface area contributed by atoms with Crippen molar-refractivity contribution in [3.05, 3.63) is 57.1 Å². The maximum absolute atomic E-state index is 13.0.